The van der Waals surface area contributed by atoms with Crippen molar-refractivity contribution in [1.82, 2.24) is 10.2 Å². The van der Waals surface area contributed by atoms with Gasteiger partial charge in [-0.05, 0) is 61.2 Å². The van der Waals surface area contributed by atoms with Gasteiger partial charge in [-0.15, -0.1) is 0 Å². The quantitative estimate of drug-likeness (QED) is 0.702. The Bertz CT molecular complexity index is 889. The van der Waals surface area contributed by atoms with Crippen molar-refractivity contribution in [2.45, 2.75) is 31.7 Å². The van der Waals surface area contributed by atoms with Gasteiger partial charge in [0.2, 0.25) is 5.91 Å². The molecule has 7 nitrogen and oxygen atoms in total. The minimum Gasteiger partial charge on any atom is -0.497 e. The van der Waals surface area contributed by atoms with E-state index in [9.17, 15) is 9.59 Å². The van der Waals surface area contributed by atoms with Gasteiger partial charge in [-0.25, -0.2) is 0 Å². The van der Waals surface area contributed by atoms with Crippen LogP contribution in [0.25, 0.3) is 0 Å². The van der Waals surface area contributed by atoms with Gasteiger partial charge >= 0.3 is 0 Å². The van der Waals surface area contributed by atoms with E-state index in [4.69, 9.17) is 14.2 Å². The van der Waals surface area contributed by atoms with Crippen molar-refractivity contribution < 1.29 is 23.8 Å². The summed E-state index contributed by atoms with van der Waals surface area (Å²) in [4.78, 5) is 26.9. The zero-order chi connectivity index (χ0) is 22.2. The van der Waals surface area contributed by atoms with Crippen LogP contribution in [-0.2, 0) is 11.2 Å². The van der Waals surface area contributed by atoms with Gasteiger partial charge in [0.1, 0.15) is 5.75 Å². The minimum atomic E-state index is -0.0964. The first-order chi connectivity index (χ1) is 15.0. The van der Waals surface area contributed by atoms with Crippen LogP contribution in [0.1, 0.15) is 35.2 Å². The first kappa shape index (κ1) is 22.5. The SMILES string of the molecule is COc1ccc(C(=O)NC2CCN(C(=O)CCc3ccc(OC)c(OC)c3)CC2)cc1. The van der Waals surface area contributed by atoms with Crippen LogP contribution in [0.5, 0.6) is 17.2 Å². The predicted octanol–water partition coefficient (Wildman–Crippen LogP) is 3.07. The van der Waals surface area contributed by atoms with Crippen LogP contribution in [0.4, 0.5) is 0 Å². The fourth-order valence-corrected chi connectivity index (χ4v) is 3.73. The number of likely N-dealkylation sites (tertiary alicyclic amines) is 1. The molecule has 0 radical (unpaired) electrons. The second kappa shape index (κ2) is 10.7. The third kappa shape index (κ3) is 5.90. The molecule has 0 aliphatic carbocycles. The predicted molar refractivity (Wildman–Crippen MR) is 118 cm³/mol. The maximum absolute atomic E-state index is 12.6. The molecule has 0 bridgehead atoms. The highest BCUT2D eigenvalue weighted by atomic mass is 16.5. The Kier molecular flexibility index (Phi) is 7.76. The molecule has 3 rings (SSSR count). The number of hydrogen-bond acceptors (Lipinski definition) is 5. The first-order valence-corrected chi connectivity index (χ1v) is 10.5. The van der Waals surface area contributed by atoms with Crippen LogP contribution in [0.2, 0.25) is 0 Å². The summed E-state index contributed by atoms with van der Waals surface area (Å²) < 4.78 is 15.7. The number of methoxy groups -OCH3 is 3. The monoisotopic (exact) mass is 426 g/mol. The van der Waals surface area contributed by atoms with Crippen LogP contribution in [-0.4, -0.2) is 57.2 Å². The van der Waals surface area contributed by atoms with Crippen molar-refractivity contribution in [3.05, 3.63) is 53.6 Å². The summed E-state index contributed by atoms with van der Waals surface area (Å²) in [7, 11) is 4.80. The summed E-state index contributed by atoms with van der Waals surface area (Å²) in [6, 6.07) is 12.8. The lowest BCUT2D eigenvalue weighted by Gasteiger charge is -2.32. The fraction of sp³-hybridized carbons (Fsp3) is 0.417. The molecule has 0 spiro atoms. The summed E-state index contributed by atoms with van der Waals surface area (Å²) in [5, 5.41) is 3.07. The summed E-state index contributed by atoms with van der Waals surface area (Å²) in [5.41, 5.74) is 1.64. The second-order valence-corrected chi connectivity index (χ2v) is 7.55. The third-order valence-corrected chi connectivity index (χ3v) is 5.61. The third-order valence-electron chi connectivity index (χ3n) is 5.61. The number of benzene rings is 2. The van der Waals surface area contributed by atoms with Crippen molar-refractivity contribution in [2.75, 3.05) is 34.4 Å². The molecule has 2 aromatic rings. The van der Waals surface area contributed by atoms with Crippen LogP contribution in [0.3, 0.4) is 0 Å². The summed E-state index contributed by atoms with van der Waals surface area (Å²) in [5.74, 6) is 2.10. The lowest BCUT2D eigenvalue weighted by molar-refractivity contribution is -0.132. The van der Waals surface area contributed by atoms with Gasteiger partial charge in [0.15, 0.2) is 11.5 Å². The van der Waals surface area contributed by atoms with Gasteiger partial charge in [0, 0.05) is 31.1 Å². The van der Waals surface area contributed by atoms with Crippen LogP contribution in [0.15, 0.2) is 42.5 Å². The Labute approximate surface area is 183 Å². The average Bonchev–Trinajstić information content (AvgIpc) is 2.82. The number of nitrogens with one attached hydrogen (secondary N) is 1. The molecule has 0 aromatic heterocycles. The van der Waals surface area contributed by atoms with Crippen molar-refractivity contribution >= 4 is 11.8 Å². The van der Waals surface area contributed by atoms with E-state index in [2.05, 4.69) is 5.32 Å². The highest BCUT2D eigenvalue weighted by Gasteiger charge is 2.24. The molecule has 0 saturated carbocycles. The number of amides is 2. The number of hydrogen-bond donors (Lipinski definition) is 1. The number of carbonyl (C=O) groups excluding carboxylic acids is 2. The zero-order valence-electron chi connectivity index (χ0n) is 18.3. The van der Waals surface area contributed by atoms with E-state index in [0.29, 0.717) is 43.0 Å². The van der Waals surface area contributed by atoms with Gasteiger partial charge < -0.3 is 24.4 Å². The van der Waals surface area contributed by atoms with Gasteiger partial charge in [0.25, 0.3) is 5.91 Å². The summed E-state index contributed by atoms with van der Waals surface area (Å²) in [6.45, 7) is 1.30. The van der Waals surface area contributed by atoms with Gasteiger partial charge in [-0.2, -0.15) is 0 Å². The van der Waals surface area contributed by atoms with Gasteiger partial charge in [-0.1, -0.05) is 6.07 Å². The Morgan fingerprint density at radius 1 is 0.935 bits per heavy atom. The van der Waals surface area contributed by atoms with E-state index in [1.807, 2.05) is 23.1 Å². The Balaban J connectivity index is 1.44. The smallest absolute Gasteiger partial charge is 0.251 e. The maximum atomic E-state index is 12.6. The van der Waals surface area contributed by atoms with Crippen molar-refractivity contribution in [3.63, 3.8) is 0 Å². The molecule has 1 heterocycles. The lowest BCUT2D eigenvalue weighted by atomic mass is 10.0. The molecule has 166 valence electrons. The highest BCUT2D eigenvalue weighted by Crippen LogP contribution is 2.28. The molecule has 1 N–H and O–H groups in total. The molecule has 1 fully saturated rings. The van der Waals surface area contributed by atoms with Crippen molar-refractivity contribution in [1.29, 1.82) is 0 Å². The van der Waals surface area contributed by atoms with E-state index in [1.54, 1.807) is 45.6 Å². The van der Waals surface area contributed by atoms with Crippen LogP contribution >= 0.6 is 0 Å². The van der Waals surface area contributed by atoms with E-state index in [-0.39, 0.29) is 17.9 Å². The highest BCUT2D eigenvalue weighted by molar-refractivity contribution is 5.94. The lowest BCUT2D eigenvalue weighted by Crippen LogP contribution is -2.46. The van der Waals surface area contributed by atoms with E-state index in [0.717, 1.165) is 24.2 Å². The molecule has 0 atom stereocenters. The van der Waals surface area contributed by atoms with Crippen molar-refractivity contribution in [2.24, 2.45) is 0 Å². The number of ether oxygens (including phenoxy) is 3. The number of piperidine rings is 1. The van der Waals surface area contributed by atoms with Crippen molar-refractivity contribution in [3.8, 4) is 17.2 Å². The minimum absolute atomic E-state index is 0.0736. The average molecular weight is 427 g/mol. The Morgan fingerprint density at radius 3 is 2.23 bits per heavy atom. The molecule has 1 aliphatic rings. The molecule has 31 heavy (non-hydrogen) atoms. The molecular formula is C24H30N2O5. The number of aryl methyl sites for hydroxylation is 1. The largest absolute Gasteiger partial charge is 0.497 e. The zero-order valence-corrected chi connectivity index (χ0v) is 18.3. The second-order valence-electron chi connectivity index (χ2n) is 7.55. The molecule has 2 amide bonds. The summed E-state index contributed by atoms with van der Waals surface area (Å²) >= 11 is 0. The molecule has 1 aliphatic heterocycles. The summed E-state index contributed by atoms with van der Waals surface area (Å²) in [6.07, 6.45) is 2.60. The molecule has 0 unspecified atom stereocenters. The number of nitrogens with zero attached hydrogens (tertiary/aromatic N) is 1. The van der Waals surface area contributed by atoms with Gasteiger partial charge in [0.05, 0.1) is 21.3 Å². The number of carbonyl (C=O) groups is 2. The van der Waals surface area contributed by atoms with Crippen LogP contribution in [0, 0.1) is 0 Å². The Hall–Kier alpha value is -3.22. The van der Waals surface area contributed by atoms with Crippen LogP contribution < -0.4 is 19.5 Å². The maximum Gasteiger partial charge on any atom is 0.251 e. The molecule has 7 heteroatoms. The normalized spacial score (nSPS) is 14.1. The van der Waals surface area contributed by atoms with E-state index in [1.165, 1.54) is 0 Å². The fourth-order valence-electron chi connectivity index (χ4n) is 3.73. The number of rotatable bonds is 8. The molecular weight excluding hydrogens is 396 g/mol. The Morgan fingerprint density at radius 2 is 1.61 bits per heavy atom. The standard InChI is InChI=1S/C24H30N2O5/c1-29-20-8-6-18(7-9-20)24(28)25-19-12-14-26(15-13-19)23(27)11-5-17-4-10-21(30-2)22(16-17)31-3/h4,6-10,16,19H,5,11-15H2,1-3H3,(H,25,28). The molecule has 1 saturated heterocycles. The molecule has 2 aromatic carbocycles. The van der Waals surface area contributed by atoms with E-state index >= 15 is 0 Å². The topological polar surface area (TPSA) is 77.1 Å². The van der Waals surface area contributed by atoms with E-state index < -0.39 is 0 Å². The first-order valence-electron chi connectivity index (χ1n) is 10.5. The van der Waals surface area contributed by atoms with Gasteiger partial charge in [-0.3, -0.25) is 9.59 Å².